The van der Waals surface area contributed by atoms with E-state index in [1.54, 1.807) is 13.1 Å². The molecule has 0 aliphatic carbocycles. The van der Waals surface area contributed by atoms with Crippen molar-refractivity contribution in [3.8, 4) is 11.1 Å². The number of nitrogens with zero attached hydrogens (tertiary/aromatic N) is 3. The van der Waals surface area contributed by atoms with Crippen LogP contribution in [0.5, 0.6) is 0 Å². The van der Waals surface area contributed by atoms with Crippen LogP contribution in [0.4, 0.5) is 14.9 Å². The number of hydrogen-bond acceptors (Lipinski definition) is 5. The number of aromatic nitrogens is 3. The highest BCUT2D eigenvalue weighted by molar-refractivity contribution is 7.98. The maximum atomic E-state index is 14.0. The van der Waals surface area contributed by atoms with Crippen LogP contribution in [0.15, 0.2) is 29.6 Å². The van der Waals surface area contributed by atoms with Gasteiger partial charge in [-0.25, -0.2) is 24.1 Å². The number of fused-ring (bicyclic) bond motifs is 1. The first kappa shape index (κ1) is 17.1. The lowest BCUT2D eigenvalue weighted by Crippen LogP contribution is -2.09. The number of rotatable bonds is 3. The van der Waals surface area contributed by atoms with Gasteiger partial charge in [-0.05, 0) is 49.4 Å². The van der Waals surface area contributed by atoms with Crippen LogP contribution in [-0.2, 0) is 0 Å². The van der Waals surface area contributed by atoms with Crippen LogP contribution in [0.25, 0.3) is 22.2 Å². The van der Waals surface area contributed by atoms with Crippen LogP contribution >= 0.6 is 11.8 Å². The summed E-state index contributed by atoms with van der Waals surface area (Å²) in [6.45, 7) is 3.60. The molecule has 2 heterocycles. The summed E-state index contributed by atoms with van der Waals surface area (Å²) in [7, 11) is 0. The number of thioether (sulfide) groups is 1. The van der Waals surface area contributed by atoms with Gasteiger partial charge in [0.15, 0.2) is 10.8 Å². The zero-order chi connectivity index (χ0) is 18.1. The lowest BCUT2D eigenvalue weighted by molar-refractivity contribution is 0.209. The molecule has 0 fully saturated rings. The van der Waals surface area contributed by atoms with Crippen LogP contribution < -0.4 is 5.32 Å². The van der Waals surface area contributed by atoms with E-state index in [2.05, 4.69) is 20.3 Å². The molecule has 0 spiro atoms. The lowest BCUT2D eigenvalue weighted by Gasteiger charge is -2.13. The molecule has 128 valence electrons. The number of pyridine rings is 1. The van der Waals surface area contributed by atoms with E-state index in [0.717, 1.165) is 10.9 Å². The highest BCUT2D eigenvalue weighted by atomic mass is 32.2. The van der Waals surface area contributed by atoms with Gasteiger partial charge in [0.25, 0.3) is 0 Å². The average Bonchev–Trinajstić information content (AvgIpc) is 2.56. The number of hydrogen-bond donors (Lipinski definition) is 2. The highest BCUT2D eigenvalue weighted by Gasteiger charge is 2.14. The third-order valence-corrected chi connectivity index (χ3v) is 4.33. The molecule has 0 atom stereocenters. The van der Waals surface area contributed by atoms with E-state index in [0.29, 0.717) is 27.6 Å². The monoisotopic (exact) mass is 358 g/mol. The molecular weight excluding hydrogens is 343 g/mol. The molecule has 0 bridgehead atoms. The zero-order valence-electron chi connectivity index (χ0n) is 13.8. The molecule has 3 rings (SSSR count). The molecule has 0 unspecified atom stereocenters. The molecule has 0 aliphatic rings. The van der Waals surface area contributed by atoms with Crippen LogP contribution in [0, 0.1) is 19.7 Å². The minimum atomic E-state index is -1.32. The Morgan fingerprint density at radius 2 is 1.96 bits per heavy atom. The fourth-order valence-corrected chi connectivity index (χ4v) is 2.92. The Kier molecular flexibility index (Phi) is 4.54. The summed E-state index contributed by atoms with van der Waals surface area (Å²) in [6.07, 6.45) is 2.26. The Morgan fingerprint density at radius 3 is 2.64 bits per heavy atom. The fourth-order valence-electron chi connectivity index (χ4n) is 2.58. The van der Waals surface area contributed by atoms with Crippen molar-refractivity contribution < 1.29 is 14.3 Å². The van der Waals surface area contributed by atoms with E-state index < -0.39 is 11.9 Å². The standard InChI is InChI=1S/C17H15FN4O2S/c1-8-4-13(18)14(21-17(23)24)6-11(8)12-5-10-7-19-16(25-3)22-15(10)20-9(12)2/h4-7,21H,1-3H3,(H,23,24). The van der Waals surface area contributed by atoms with Crippen molar-refractivity contribution in [2.45, 2.75) is 19.0 Å². The maximum Gasteiger partial charge on any atom is 0.409 e. The van der Waals surface area contributed by atoms with Crippen molar-refractivity contribution >= 4 is 34.6 Å². The van der Waals surface area contributed by atoms with Crippen molar-refractivity contribution in [2.24, 2.45) is 0 Å². The zero-order valence-corrected chi connectivity index (χ0v) is 14.6. The number of nitrogens with one attached hydrogen (secondary N) is 1. The van der Waals surface area contributed by atoms with E-state index in [1.165, 1.54) is 23.9 Å². The molecule has 0 aliphatic heterocycles. The molecule has 0 radical (unpaired) electrons. The van der Waals surface area contributed by atoms with Gasteiger partial charge in [-0.3, -0.25) is 5.32 Å². The van der Waals surface area contributed by atoms with Crippen molar-refractivity contribution in [2.75, 3.05) is 11.6 Å². The predicted octanol–water partition coefficient (Wildman–Crippen LogP) is 4.26. The summed E-state index contributed by atoms with van der Waals surface area (Å²) in [5.41, 5.74) is 3.37. The fraction of sp³-hybridized carbons (Fsp3) is 0.176. The van der Waals surface area contributed by atoms with Gasteiger partial charge in [0.1, 0.15) is 5.82 Å². The molecule has 3 aromatic rings. The Bertz CT molecular complexity index is 994. The van der Waals surface area contributed by atoms with Gasteiger partial charge in [0, 0.05) is 22.8 Å². The predicted molar refractivity (Wildman–Crippen MR) is 95.6 cm³/mol. The number of benzene rings is 1. The normalized spacial score (nSPS) is 10.9. The first-order chi connectivity index (χ1) is 11.9. The summed E-state index contributed by atoms with van der Waals surface area (Å²) in [5, 5.41) is 12.3. The highest BCUT2D eigenvalue weighted by Crippen LogP contribution is 2.32. The van der Waals surface area contributed by atoms with Crippen molar-refractivity contribution in [1.29, 1.82) is 0 Å². The third-order valence-electron chi connectivity index (χ3n) is 3.77. The van der Waals surface area contributed by atoms with E-state index in [1.807, 2.05) is 19.2 Å². The molecule has 6 nitrogen and oxygen atoms in total. The maximum absolute atomic E-state index is 14.0. The smallest absolute Gasteiger partial charge is 0.409 e. The van der Waals surface area contributed by atoms with Gasteiger partial charge in [0.2, 0.25) is 0 Å². The lowest BCUT2D eigenvalue weighted by atomic mass is 9.97. The quantitative estimate of drug-likeness (QED) is 0.537. The van der Waals surface area contributed by atoms with Gasteiger partial charge in [-0.15, -0.1) is 0 Å². The second-order valence-corrected chi connectivity index (χ2v) is 6.24. The topological polar surface area (TPSA) is 88.0 Å². The molecule has 2 aromatic heterocycles. The van der Waals surface area contributed by atoms with Crippen molar-refractivity contribution in [3.63, 3.8) is 0 Å². The van der Waals surface area contributed by atoms with Gasteiger partial charge in [-0.2, -0.15) is 0 Å². The number of amides is 1. The van der Waals surface area contributed by atoms with Gasteiger partial charge in [-0.1, -0.05) is 11.8 Å². The Labute approximate surface area is 147 Å². The van der Waals surface area contributed by atoms with Crippen LogP contribution in [-0.4, -0.2) is 32.4 Å². The Balaban J connectivity index is 2.18. The molecule has 2 N–H and O–H groups in total. The van der Waals surface area contributed by atoms with Crippen LogP contribution in [0.3, 0.4) is 0 Å². The van der Waals surface area contributed by atoms with Crippen molar-refractivity contribution in [1.82, 2.24) is 15.0 Å². The molecule has 0 saturated heterocycles. The molecule has 1 amide bonds. The Hall–Kier alpha value is -2.74. The summed E-state index contributed by atoms with van der Waals surface area (Å²) in [5.74, 6) is -0.622. The number of aryl methyl sites for hydroxylation is 2. The summed E-state index contributed by atoms with van der Waals surface area (Å²) in [6, 6.07) is 4.66. The molecule has 8 heteroatoms. The first-order valence-electron chi connectivity index (χ1n) is 7.38. The SMILES string of the molecule is CSc1ncc2cc(-c3cc(NC(=O)O)c(F)cc3C)c(C)nc2n1. The van der Waals surface area contributed by atoms with E-state index in [9.17, 15) is 9.18 Å². The number of carbonyl (C=O) groups is 1. The molecular formula is C17H15FN4O2S. The van der Waals surface area contributed by atoms with Gasteiger partial charge < -0.3 is 5.11 Å². The number of halogens is 1. The number of anilines is 1. The summed E-state index contributed by atoms with van der Waals surface area (Å²) in [4.78, 5) is 24.0. The second-order valence-electron chi connectivity index (χ2n) is 5.47. The van der Waals surface area contributed by atoms with Crippen LogP contribution in [0.1, 0.15) is 11.3 Å². The third kappa shape index (κ3) is 3.39. The van der Waals surface area contributed by atoms with E-state index in [-0.39, 0.29) is 5.69 Å². The molecule has 1 aromatic carbocycles. The van der Waals surface area contributed by atoms with Crippen LogP contribution in [0.2, 0.25) is 0 Å². The van der Waals surface area contributed by atoms with Gasteiger partial charge >= 0.3 is 6.09 Å². The van der Waals surface area contributed by atoms with Crippen molar-refractivity contribution in [3.05, 3.63) is 41.5 Å². The average molecular weight is 358 g/mol. The Morgan fingerprint density at radius 1 is 1.20 bits per heavy atom. The first-order valence-corrected chi connectivity index (χ1v) is 8.60. The van der Waals surface area contributed by atoms with E-state index in [4.69, 9.17) is 5.11 Å². The second kappa shape index (κ2) is 6.64. The molecule has 0 saturated carbocycles. The summed E-state index contributed by atoms with van der Waals surface area (Å²) >= 11 is 1.43. The van der Waals surface area contributed by atoms with Gasteiger partial charge in [0.05, 0.1) is 5.69 Å². The summed E-state index contributed by atoms with van der Waals surface area (Å²) < 4.78 is 14.0. The minimum Gasteiger partial charge on any atom is -0.465 e. The number of carboxylic acid groups (broad SMARTS) is 1. The molecule has 25 heavy (non-hydrogen) atoms. The van der Waals surface area contributed by atoms with E-state index >= 15 is 0 Å². The largest absolute Gasteiger partial charge is 0.465 e. The minimum absolute atomic E-state index is 0.0958.